The third kappa shape index (κ3) is 2.83. The fraction of sp³-hybridized carbons (Fsp3) is 0.571. The zero-order valence-corrected chi connectivity index (χ0v) is 10.2. The second-order valence-electron chi connectivity index (χ2n) is 4.55. The molecular formula is C14H21NO. The van der Waals surface area contributed by atoms with Gasteiger partial charge in [-0.3, -0.25) is 0 Å². The van der Waals surface area contributed by atoms with Gasteiger partial charge in [-0.25, -0.2) is 0 Å². The Bertz CT molecular complexity index is 312. The minimum atomic E-state index is 0.314. The summed E-state index contributed by atoms with van der Waals surface area (Å²) in [6.45, 7) is 5.92. The Morgan fingerprint density at radius 3 is 2.50 bits per heavy atom. The Balaban J connectivity index is 1.79. The van der Waals surface area contributed by atoms with Gasteiger partial charge in [0.25, 0.3) is 0 Å². The zero-order valence-electron chi connectivity index (χ0n) is 10.2. The molecule has 0 bridgehead atoms. The molecule has 0 amide bonds. The molecule has 1 atom stereocenters. The molecule has 0 fully saturated rings. The summed E-state index contributed by atoms with van der Waals surface area (Å²) in [7, 11) is 0. The molecule has 0 aliphatic heterocycles. The summed E-state index contributed by atoms with van der Waals surface area (Å²) in [5.41, 5.74) is 3.01. The van der Waals surface area contributed by atoms with Crippen molar-refractivity contribution >= 4 is 0 Å². The van der Waals surface area contributed by atoms with Crippen molar-refractivity contribution in [2.75, 3.05) is 13.2 Å². The molecule has 1 aliphatic carbocycles. The van der Waals surface area contributed by atoms with Gasteiger partial charge in [0.1, 0.15) is 0 Å². The van der Waals surface area contributed by atoms with Crippen molar-refractivity contribution in [3.05, 3.63) is 35.4 Å². The van der Waals surface area contributed by atoms with E-state index in [0.29, 0.717) is 12.1 Å². The summed E-state index contributed by atoms with van der Waals surface area (Å²) in [6, 6.07) is 9.33. The molecule has 1 aromatic rings. The molecule has 2 nitrogen and oxygen atoms in total. The fourth-order valence-electron chi connectivity index (χ4n) is 2.38. The van der Waals surface area contributed by atoms with E-state index in [1.54, 1.807) is 0 Å². The third-order valence-corrected chi connectivity index (χ3v) is 3.20. The quantitative estimate of drug-likeness (QED) is 0.819. The number of rotatable bonds is 5. The van der Waals surface area contributed by atoms with Crippen LogP contribution in [0.4, 0.5) is 0 Å². The predicted octanol–water partition coefficient (Wildman–Crippen LogP) is 2.17. The van der Waals surface area contributed by atoms with E-state index in [0.717, 1.165) is 26.0 Å². The Morgan fingerprint density at radius 1 is 1.31 bits per heavy atom. The molecule has 88 valence electrons. The molecule has 2 heteroatoms. The average Bonchev–Trinajstić information content (AvgIpc) is 2.69. The van der Waals surface area contributed by atoms with Gasteiger partial charge in [0.05, 0.1) is 6.10 Å². The standard InChI is InChI=1S/C14H21NO/c1-3-16-11(2)10-15-14-8-12-6-4-5-7-13(12)9-14/h4-7,11,14-15H,3,8-10H2,1-2H3. The number of ether oxygens (including phenoxy) is 1. The van der Waals surface area contributed by atoms with Crippen molar-refractivity contribution in [2.45, 2.75) is 38.8 Å². The third-order valence-electron chi connectivity index (χ3n) is 3.20. The van der Waals surface area contributed by atoms with Crippen molar-refractivity contribution in [3.8, 4) is 0 Å². The van der Waals surface area contributed by atoms with Gasteiger partial charge >= 0.3 is 0 Å². The van der Waals surface area contributed by atoms with Crippen molar-refractivity contribution in [3.63, 3.8) is 0 Å². The number of fused-ring (bicyclic) bond motifs is 1. The first kappa shape index (κ1) is 11.6. The van der Waals surface area contributed by atoms with Crippen LogP contribution in [0.3, 0.4) is 0 Å². The van der Waals surface area contributed by atoms with Gasteiger partial charge in [-0.05, 0) is 37.8 Å². The molecule has 0 radical (unpaired) electrons. The van der Waals surface area contributed by atoms with Gasteiger partial charge in [0.15, 0.2) is 0 Å². The lowest BCUT2D eigenvalue weighted by Gasteiger charge is -2.16. The van der Waals surface area contributed by atoms with E-state index in [2.05, 4.69) is 36.5 Å². The second-order valence-corrected chi connectivity index (χ2v) is 4.55. The maximum atomic E-state index is 5.52. The van der Waals surface area contributed by atoms with Gasteiger partial charge in [-0.2, -0.15) is 0 Å². The normalized spacial score (nSPS) is 17.4. The molecule has 1 N–H and O–H groups in total. The molecule has 1 unspecified atom stereocenters. The highest BCUT2D eigenvalue weighted by molar-refractivity contribution is 5.33. The lowest BCUT2D eigenvalue weighted by molar-refractivity contribution is 0.0741. The van der Waals surface area contributed by atoms with Gasteiger partial charge in [-0.15, -0.1) is 0 Å². The Hall–Kier alpha value is -0.860. The monoisotopic (exact) mass is 219 g/mol. The minimum Gasteiger partial charge on any atom is -0.377 e. The molecule has 1 aliphatic rings. The fourth-order valence-corrected chi connectivity index (χ4v) is 2.38. The van der Waals surface area contributed by atoms with Crippen LogP contribution in [0.25, 0.3) is 0 Å². The van der Waals surface area contributed by atoms with Gasteiger partial charge in [-0.1, -0.05) is 24.3 Å². The molecule has 0 spiro atoms. The summed E-state index contributed by atoms with van der Waals surface area (Å²) in [5, 5.41) is 3.59. The van der Waals surface area contributed by atoms with Crippen molar-refractivity contribution < 1.29 is 4.74 Å². The smallest absolute Gasteiger partial charge is 0.0671 e. The van der Waals surface area contributed by atoms with Gasteiger partial charge in [0.2, 0.25) is 0 Å². The van der Waals surface area contributed by atoms with Crippen LogP contribution in [0, 0.1) is 0 Å². The van der Waals surface area contributed by atoms with Gasteiger partial charge < -0.3 is 10.1 Å². The molecule has 0 heterocycles. The first-order valence-electron chi connectivity index (χ1n) is 6.21. The lowest BCUT2D eigenvalue weighted by atomic mass is 10.1. The van der Waals surface area contributed by atoms with E-state index in [1.807, 2.05) is 6.92 Å². The first-order chi connectivity index (χ1) is 7.79. The van der Waals surface area contributed by atoms with Crippen molar-refractivity contribution in [1.29, 1.82) is 0 Å². The molecule has 0 saturated carbocycles. The number of nitrogens with one attached hydrogen (secondary N) is 1. The highest BCUT2D eigenvalue weighted by Gasteiger charge is 2.20. The van der Waals surface area contributed by atoms with Crippen LogP contribution in [0.1, 0.15) is 25.0 Å². The molecule has 2 rings (SSSR count). The van der Waals surface area contributed by atoms with Crippen LogP contribution in [-0.2, 0) is 17.6 Å². The second kappa shape index (κ2) is 5.46. The van der Waals surface area contributed by atoms with Crippen LogP contribution in [-0.4, -0.2) is 25.3 Å². The summed E-state index contributed by atoms with van der Waals surface area (Å²) in [6.07, 6.45) is 2.64. The average molecular weight is 219 g/mol. The maximum absolute atomic E-state index is 5.52. The molecule has 0 aromatic heterocycles. The van der Waals surface area contributed by atoms with Crippen LogP contribution >= 0.6 is 0 Å². The minimum absolute atomic E-state index is 0.314. The highest BCUT2D eigenvalue weighted by atomic mass is 16.5. The van der Waals surface area contributed by atoms with Gasteiger partial charge in [0, 0.05) is 19.2 Å². The van der Waals surface area contributed by atoms with E-state index in [1.165, 1.54) is 11.1 Å². The summed E-state index contributed by atoms with van der Waals surface area (Å²) in [4.78, 5) is 0. The Morgan fingerprint density at radius 2 is 1.94 bits per heavy atom. The lowest BCUT2D eigenvalue weighted by Crippen LogP contribution is -2.36. The van der Waals surface area contributed by atoms with E-state index in [-0.39, 0.29) is 0 Å². The van der Waals surface area contributed by atoms with Crippen LogP contribution in [0.5, 0.6) is 0 Å². The van der Waals surface area contributed by atoms with E-state index in [4.69, 9.17) is 4.74 Å². The van der Waals surface area contributed by atoms with Crippen molar-refractivity contribution in [1.82, 2.24) is 5.32 Å². The predicted molar refractivity (Wildman–Crippen MR) is 66.7 cm³/mol. The molecule has 0 saturated heterocycles. The number of benzene rings is 1. The largest absolute Gasteiger partial charge is 0.377 e. The Labute approximate surface area is 98.0 Å². The molecule has 1 aromatic carbocycles. The van der Waals surface area contributed by atoms with E-state index < -0.39 is 0 Å². The number of hydrogen-bond acceptors (Lipinski definition) is 2. The SMILES string of the molecule is CCOC(C)CNC1Cc2ccccc2C1. The van der Waals surface area contributed by atoms with E-state index in [9.17, 15) is 0 Å². The van der Waals surface area contributed by atoms with Crippen LogP contribution < -0.4 is 5.32 Å². The number of hydrogen-bond donors (Lipinski definition) is 1. The summed E-state index contributed by atoms with van der Waals surface area (Å²) < 4.78 is 5.52. The Kier molecular flexibility index (Phi) is 3.97. The van der Waals surface area contributed by atoms with Crippen LogP contribution in [0.15, 0.2) is 24.3 Å². The summed E-state index contributed by atoms with van der Waals surface area (Å²) in [5.74, 6) is 0. The zero-order chi connectivity index (χ0) is 11.4. The topological polar surface area (TPSA) is 21.3 Å². The summed E-state index contributed by atoms with van der Waals surface area (Å²) >= 11 is 0. The highest BCUT2D eigenvalue weighted by Crippen LogP contribution is 2.21. The molecular weight excluding hydrogens is 198 g/mol. The van der Waals surface area contributed by atoms with E-state index >= 15 is 0 Å². The van der Waals surface area contributed by atoms with Crippen LogP contribution in [0.2, 0.25) is 0 Å². The van der Waals surface area contributed by atoms with Crippen molar-refractivity contribution in [2.24, 2.45) is 0 Å². The maximum Gasteiger partial charge on any atom is 0.0671 e. The molecule has 16 heavy (non-hydrogen) atoms. The first-order valence-corrected chi connectivity index (χ1v) is 6.21.